The van der Waals surface area contributed by atoms with Crippen molar-refractivity contribution in [2.45, 2.75) is 18.9 Å². The lowest BCUT2D eigenvalue weighted by Gasteiger charge is -2.21. The fourth-order valence-electron chi connectivity index (χ4n) is 3.05. The molecular weight excluding hydrogens is 325 g/mol. The van der Waals surface area contributed by atoms with Gasteiger partial charge in [-0.25, -0.2) is 0 Å². The zero-order valence-electron chi connectivity index (χ0n) is 12.0. The van der Waals surface area contributed by atoms with Crippen LogP contribution in [0.15, 0.2) is 18.2 Å². The lowest BCUT2D eigenvalue weighted by molar-refractivity contribution is -0.139. The molecule has 2 amide bonds. The maximum Gasteiger partial charge on any atom is 0.239 e. The summed E-state index contributed by atoms with van der Waals surface area (Å²) in [5.41, 5.74) is 6.39. The van der Waals surface area contributed by atoms with Crippen LogP contribution >= 0.6 is 23.2 Å². The highest BCUT2D eigenvalue weighted by Crippen LogP contribution is 2.34. The number of hydrogen-bond donors (Lipinski definition) is 1. The van der Waals surface area contributed by atoms with E-state index in [-0.39, 0.29) is 17.9 Å². The van der Waals surface area contributed by atoms with Crippen molar-refractivity contribution in [3.8, 4) is 0 Å². The van der Waals surface area contributed by atoms with Gasteiger partial charge in [-0.1, -0.05) is 23.2 Å². The van der Waals surface area contributed by atoms with Crippen LogP contribution < -0.4 is 10.6 Å². The van der Waals surface area contributed by atoms with Gasteiger partial charge in [-0.2, -0.15) is 0 Å². The highest BCUT2D eigenvalue weighted by Gasteiger charge is 2.41. The number of nitrogens with two attached hydrogens (primary N) is 1. The first-order valence-corrected chi connectivity index (χ1v) is 8.04. The van der Waals surface area contributed by atoms with Gasteiger partial charge in [-0.05, 0) is 31.0 Å². The van der Waals surface area contributed by atoms with Crippen molar-refractivity contribution in [2.24, 2.45) is 11.7 Å². The average Bonchev–Trinajstić information content (AvgIpc) is 3.07. The van der Waals surface area contributed by atoms with E-state index in [1.165, 1.54) is 0 Å². The molecule has 0 saturated carbocycles. The van der Waals surface area contributed by atoms with Crippen molar-refractivity contribution in [3.63, 3.8) is 0 Å². The summed E-state index contributed by atoms with van der Waals surface area (Å²) in [4.78, 5) is 28.3. The average molecular weight is 342 g/mol. The van der Waals surface area contributed by atoms with Gasteiger partial charge in [-0.3, -0.25) is 9.59 Å². The molecule has 118 valence electrons. The molecule has 0 aromatic heterocycles. The second-order valence-corrected chi connectivity index (χ2v) is 6.60. The van der Waals surface area contributed by atoms with E-state index in [0.717, 1.165) is 6.42 Å². The Morgan fingerprint density at radius 1 is 1.23 bits per heavy atom. The van der Waals surface area contributed by atoms with Gasteiger partial charge in [0, 0.05) is 30.7 Å². The first-order valence-electron chi connectivity index (χ1n) is 7.28. The first-order chi connectivity index (χ1) is 10.5. The third kappa shape index (κ3) is 2.81. The lowest BCUT2D eigenvalue weighted by atomic mass is 10.1. The predicted octanol–water partition coefficient (Wildman–Crippen LogP) is 1.91. The van der Waals surface area contributed by atoms with Crippen molar-refractivity contribution in [2.75, 3.05) is 24.5 Å². The van der Waals surface area contributed by atoms with E-state index in [1.54, 1.807) is 28.0 Å². The Labute approximate surface area is 138 Å². The Hall–Kier alpha value is -1.30. The second kappa shape index (κ2) is 6.07. The highest BCUT2D eigenvalue weighted by atomic mass is 35.5. The number of halogens is 2. The van der Waals surface area contributed by atoms with Crippen LogP contribution in [0, 0.1) is 5.92 Å². The molecule has 3 rings (SSSR count). The third-order valence-electron chi connectivity index (χ3n) is 4.24. The van der Waals surface area contributed by atoms with Crippen LogP contribution in [-0.4, -0.2) is 42.4 Å². The Kier molecular flexibility index (Phi) is 4.30. The van der Waals surface area contributed by atoms with E-state index in [2.05, 4.69) is 0 Å². The summed E-state index contributed by atoms with van der Waals surface area (Å²) in [5, 5.41) is 0.960. The Balaban J connectivity index is 1.77. The summed E-state index contributed by atoms with van der Waals surface area (Å²) in [6.45, 7) is 1.62. The van der Waals surface area contributed by atoms with Crippen LogP contribution in [0.3, 0.4) is 0 Å². The van der Waals surface area contributed by atoms with Crippen LogP contribution in [0.25, 0.3) is 0 Å². The minimum atomic E-state index is -0.639. The maximum absolute atomic E-state index is 12.6. The molecule has 0 radical (unpaired) electrons. The molecule has 2 atom stereocenters. The summed E-state index contributed by atoms with van der Waals surface area (Å²) in [7, 11) is 0. The third-order valence-corrected chi connectivity index (χ3v) is 4.79. The van der Waals surface area contributed by atoms with Crippen LogP contribution in [-0.2, 0) is 9.59 Å². The molecule has 7 heteroatoms. The number of likely N-dealkylation sites (tertiary alicyclic amines) is 1. The quantitative estimate of drug-likeness (QED) is 0.835. The lowest BCUT2D eigenvalue weighted by Crippen LogP contribution is -2.40. The van der Waals surface area contributed by atoms with Crippen molar-refractivity contribution >= 4 is 40.7 Å². The minimum Gasteiger partial charge on any atom is -0.340 e. The number of amides is 2. The number of carbonyl (C=O) groups is 2. The number of rotatable bonds is 2. The van der Waals surface area contributed by atoms with E-state index in [0.29, 0.717) is 41.8 Å². The Bertz CT molecular complexity index is 623. The first kappa shape index (κ1) is 15.6. The molecule has 5 nitrogen and oxygen atoms in total. The second-order valence-electron chi connectivity index (χ2n) is 5.76. The van der Waals surface area contributed by atoms with Gasteiger partial charge in [0.15, 0.2) is 0 Å². The molecule has 2 saturated heterocycles. The predicted molar refractivity (Wildman–Crippen MR) is 86.1 cm³/mol. The maximum atomic E-state index is 12.6. The summed E-state index contributed by atoms with van der Waals surface area (Å²) in [5.74, 6) is -0.978. The molecule has 2 aliphatic heterocycles. The standard InChI is InChI=1S/C15H17Cl2N3O2/c16-9-1-2-12(17)13(7-9)20-6-4-11(15(20)22)14(21)19-5-3-10(18)8-19/h1-2,7,10-11H,3-6,8,18H2/t10-,11-/m0/s1. The fourth-order valence-corrected chi connectivity index (χ4v) is 3.43. The molecule has 0 unspecified atom stereocenters. The summed E-state index contributed by atoms with van der Waals surface area (Å²) >= 11 is 12.1. The van der Waals surface area contributed by atoms with E-state index < -0.39 is 5.92 Å². The van der Waals surface area contributed by atoms with E-state index in [4.69, 9.17) is 28.9 Å². The van der Waals surface area contributed by atoms with Crippen LogP contribution in [0.2, 0.25) is 10.0 Å². The summed E-state index contributed by atoms with van der Waals surface area (Å²) in [6, 6.07) is 4.99. The fraction of sp³-hybridized carbons (Fsp3) is 0.467. The SMILES string of the molecule is N[C@H]1CCN(C(=O)[C@@H]2CCN(c3cc(Cl)ccc3Cl)C2=O)C1. The number of anilines is 1. The smallest absolute Gasteiger partial charge is 0.239 e. The summed E-state index contributed by atoms with van der Waals surface area (Å²) in [6.07, 6.45) is 1.28. The molecule has 0 aliphatic carbocycles. The zero-order chi connectivity index (χ0) is 15.9. The molecule has 2 N–H and O–H groups in total. The topological polar surface area (TPSA) is 66.6 Å². The molecule has 2 fully saturated rings. The van der Waals surface area contributed by atoms with Crippen LogP contribution in [0.1, 0.15) is 12.8 Å². The number of hydrogen-bond acceptors (Lipinski definition) is 3. The van der Waals surface area contributed by atoms with Gasteiger partial charge >= 0.3 is 0 Å². The van der Waals surface area contributed by atoms with Gasteiger partial charge in [0.25, 0.3) is 0 Å². The molecule has 22 heavy (non-hydrogen) atoms. The molecule has 1 aromatic carbocycles. The zero-order valence-corrected chi connectivity index (χ0v) is 13.5. The highest BCUT2D eigenvalue weighted by molar-refractivity contribution is 6.36. The number of nitrogens with zero attached hydrogens (tertiary/aromatic N) is 2. The van der Waals surface area contributed by atoms with Gasteiger partial charge in [0.05, 0.1) is 10.7 Å². The molecule has 2 heterocycles. The van der Waals surface area contributed by atoms with E-state index in [1.807, 2.05) is 0 Å². The van der Waals surface area contributed by atoms with Gasteiger partial charge in [-0.15, -0.1) is 0 Å². The van der Waals surface area contributed by atoms with Crippen LogP contribution in [0.5, 0.6) is 0 Å². The molecular formula is C15H17Cl2N3O2. The van der Waals surface area contributed by atoms with Gasteiger partial charge < -0.3 is 15.5 Å². The molecule has 0 spiro atoms. The van der Waals surface area contributed by atoms with Crippen molar-refractivity contribution in [1.29, 1.82) is 0 Å². The summed E-state index contributed by atoms with van der Waals surface area (Å²) < 4.78 is 0. The van der Waals surface area contributed by atoms with E-state index in [9.17, 15) is 9.59 Å². The molecule has 0 bridgehead atoms. The van der Waals surface area contributed by atoms with Crippen molar-refractivity contribution < 1.29 is 9.59 Å². The number of carbonyl (C=O) groups excluding carboxylic acids is 2. The van der Waals surface area contributed by atoms with Crippen LogP contribution in [0.4, 0.5) is 5.69 Å². The van der Waals surface area contributed by atoms with Gasteiger partial charge in [0.1, 0.15) is 5.92 Å². The Morgan fingerprint density at radius 2 is 2.00 bits per heavy atom. The molecule has 2 aliphatic rings. The van der Waals surface area contributed by atoms with Gasteiger partial charge in [0.2, 0.25) is 11.8 Å². The largest absolute Gasteiger partial charge is 0.340 e. The van der Waals surface area contributed by atoms with Crippen molar-refractivity contribution in [3.05, 3.63) is 28.2 Å². The normalized spacial score (nSPS) is 25.1. The Morgan fingerprint density at radius 3 is 2.68 bits per heavy atom. The number of benzene rings is 1. The van der Waals surface area contributed by atoms with E-state index >= 15 is 0 Å². The molecule has 1 aromatic rings. The monoisotopic (exact) mass is 341 g/mol. The minimum absolute atomic E-state index is 0.0129. The van der Waals surface area contributed by atoms with Crippen molar-refractivity contribution in [1.82, 2.24) is 4.90 Å².